The molecular weight excluding hydrogens is 755 g/mol. The first kappa shape index (κ1) is 35.5. The molecule has 5 heteroatoms. The van der Waals surface area contributed by atoms with E-state index >= 15 is 0 Å². The highest BCUT2D eigenvalue weighted by Crippen LogP contribution is 2.39. The molecular formula is C57H37N5. The van der Waals surface area contributed by atoms with Crippen molar-refractivity contribution in [2.75, 3.05) is 0 Å². The Labute approximate surface area is 358 Å². The molecule has 0 fully saturated rings. The Morgan fingerprint density at radius 2 is 0.661 bits per heavy atom. The second-order valence-corrected chi connectivity index (χ2v) is 15.6. The molecule has 290 valence electrons. The molecule has 0 unspecified atom stereocenters. The second kappa shape index (κ2) is 14.7. The summed E-state index contributed by atoms with van der Waals surface area (Å²) in [5, 5.41) is 4.88. The molecule has 0 aliphatic carbocycles. The van der Waals surface area contributed by atoms with Gasteiger partial charge in [0.05, 0.1) is 27.8 Å². The zero-order valence-electron chi connectivity index (χ0n) is 33.6. The summed E-state index contributed by atoms with van der Waals surface area (Å²) in [5.74, 6) is 1.81. The van der Waals surface area contributed by atoms with Crippen LogP contribution in [0.15, 0.2) is 224 Å². The Bertz CT molecular complexity index is 3530. The largest absolute Gasteiger partial charge is 0.309 e. The van der Waals surface area contributed by atoms with E-state index < -0.39 is 0 Å². The molecule has 62 heavy (non-hydrogen) atoms. The minimum atomic E-state index is 0.600. The van der Waals surface area contributed by atoms with Crippen LogP contribution in [0.4, 0.5) is 0 Å². The standard InChI is InChI=1S/C57H37N5/c1-3-17-38(18-4-1)40-21-15-22-41(35-40)55-58-56(42-23-16-24-44(36-42)61-50-29-11-7-25-45(50)46-26-8-12-30-51(46)61)60-57(59-55)43-33-34-54(49(37-43)39-19-5-2-6-20-39)62-52-31-13-9-27-47(52)48-28-10-14-32-53(48)62/h1-37H. The maximum absolute atomic E-state index is 5.32. The molecule has 9 aromatic carbocycles. The lowest BCUT2D eigenvalue weighted by atomic mass is 9.99. The van der Waals surface area contributed by atoms with E-state index in [0.717, 1.165) is 72.4 Å². The Morgan fingerprint density at radius 3 is 1.21 bits per heavy atom. The van der Waals surface area contributed by atoms with Gasteiger partial charge < -0.3 is 9.13 Å². The monoisotopic (exact) mass is 791 g/mol. The van der Waals surface area contributed by atoms with Crippen molar-refractivity contribution in [3.63, 3.8) is 0 Å². The van der Waals surface area contributed by atoms with Crippen molar-refractivity contribution < 1.29 is 0 Å². The van der Waals surface area contributed by atoms with Crippen molar-refractivity contribution in [1.29, 1.82) is 0 Å². The van der Waals surface area contributed by atoms with Gasteiger partial charge in [0, 0.05) is 49.5 Å². The van der Waals surface area contributed by atoms with Crippen LogP contribution in [0, 0.1) is 0 Å². The number of benzene rings is 9. The normalized spacial score (nSPS) is 11.5. The van der Waals surface area contributed by atoms with Gasteiger partial charge in [-0.15, -0.1) is 0 Å². The Hall–Kier alpha value is -8.41. The fourth-order valence-electron chi connectivity index (χ4n) is 9.12. The van der Waals surface area contributed by atoms with Crippen molar-refractivity contribution in [2.24, 2.45) is 0 Å². The molecule has 3 aromatic heterocycles. The van der Waals surface area contributed by atoms with Gasteiger partial charge in [0.1, 0.15) is 0 Å². The summed E-state index contributed by atoms with van der Waals surface area (Å²) in [5.41, 5.74) is 13.9. The average Bonchev–Trinajstić information content (AvgIpc) is 3.87. The second-order valence-electron chi connectivity index (χ2n) is 15.6. The maximum Gasteiger partial charge on any atom is 0.164 e. The molecule has 0 bridgehead atoms. The highest BCUT2D eigenvalue weighted by Gasteiger charge is 2.20. The van der Waals surface area contributed by atoms with Crippen molar-refractivity contribution in [1.82, 2.24) is 24.1 Å². The van der Waals surface area contributed by atoms with Crippen molar-refractivity contribution >= 4 is 43.6 Å². The van der Waals surface area contributed by atoms with E-state index in [4.69, 9.17) is 15.0 Å². The van der Waals surface area contributed by atoms with Crippen LogP contribution in [0.25, 0.3) is 111 Å². The highest BCUT2D eigenvalue weighted by atomic mass is 15.0. The Kier molecular flexibility index (Phi) is 8.42. The summed E-state index contributed by atoms with van der Waals surface area (Å²) >= 11 is 0. The molecule has 0 N–H and O–H groups in total. The lowest BCUT2D eigenvalue weighted by Crippen LogP contribution is -2.02. The number of hydrogen-bond acceptors (Lipinski definition) is 3. The Morgan fingerprint density at radius 1 is 0.258 bits per heavy atom. The van der Waals surface area contributed by atoms with Gasteiger partial charge in [-0.25, -0.2) is 15.0 Å². The van der Waals surface area contributed by atoms with Crippen LogP contribution < -0.4 is 0 Å². The van der Waals surface area contributed by atoms with Gasteiger partial charge in [-0.1, -0.05) is 164 Å². The van der Waals surface area contributed by atoms with Crippen molar-refractivity contribution in [2.45, 2.75) is 0 Å². The van der Waals surface area contributed by atoms with Crippen LogP contribution in [-0.4, -0.2) is 24.1 Å². The molecule has 0 saturated carbocycles. The van der Waals surface area contributed by atoms with Crippen LogP contribution in [0.1, 0.15) is 0 Å². The lowest BCUT2D eigenvalue weighted by molar-refractivity contribution is 1.07. The van der Waals surface area contributed by atoms with E-state index in [1.807, 2.05) is 6.07 Å². The third-order valence-electron chi connectivity index (χ3n) is 12.0. The van der Waals surface area contributed by atoms with E-state index in [9.17, 15) is 0 Å². The van der Waals surface area contributed by atoms with Crippen molar-refractivity contribution in [3.8, 4) is 67.8 Å². The van der Waals surface area contributed by atoms with Gasteiger partial charge in [0.2, 0.25) is 0 Å². The van der Waals surface area contributed by atoms with E-state index in [1.165, 1.54) is 21.5 Å². The number of para-hydroxylation sites is 4. The molecule has 0 atom stereocenters. The first-order valence-corrected chi connectivity index (χ1v) is 20.9. The molecule has 3 heterocycles. The first-order valence-electron chi connectivity index (χ1n) is 20.9. The zero-order valence-corrected chi connectivity index (χ0v) is 33.6. The van der Waals surface area contributed by atoms with Gasteiger partial charge in [0.15, 0.2) is 17.5 Å². The molecule has 0 radical (unpaired) electrons. The molecule has 0 aliphatic rings. The topological polar surface area (TPSA) is 48.5 Å². The summed E-state index contributed by atoms with van der Waals surface area (Å²) in [6.45, 7) is 0. The average molecular weight is 792 g/mol. The van der Waals surface area contributed by atoms with E-state index in [0.29, 0.717) is 17.5 Å². The predicted molar refractivity (Wildman–Crippen MR) is 256 cm³/mol. The summed E-state index contributed by atoms with van der Waals surface area (Å²) in [6, 6.07) is 79.2. The van der Waals surface area contributed by atoms with E-state index in [2.05, 4.69) is 228 Å². The quantitative estimate of drug-likeness (QED) is 0.162. The molecule has 0 amide bonds. The van der Waals surface area contributed by atoms with Crippen LogP contribution in [0.2, 0.25) is 0 Å². The van der Waals surface area contributed by atoms with Crippen molar-refractivity contribution in [3.05, 3.63) is 224 Å². The van der Waals surface area contributed by atoms with Gasteiger partial charge in [-0.05, 0) is 77.4 Å². The maximum atomic E-state index is 5.32. The molecule has 0 saturated heterocycles. The predicted octanol–water partition coefficient (Wildman–Crippen LogP) is 14.4. The fraction of sp³-hybridized carbons (Fsp3) is 0. The molecule has 12 aromatic rings. The Balaban J connectivity index is 1.07. The van der Waals surface area contributed by atoms with Gasteiger partial charge >= 0.3 is 0 Å². The summed E-state index contributed by atoms with van der Waals surface area (Å²) < 4.78 is 4.72. The minimum Gasteiger partial charge on any atom is -0.309 e. The third kappa shape index (κ3) is 5.98. The fourth-order valence-corrected chi connectivity index (χ4v) is 9.12. The molecule has 12 rings (SSSR count). The number of nitrogens with zero attached hydrogens (tertiary/aromatic N) is 5. The summed E-state index contributed by atoms with van der Waals surface area (Å²) in [6.07, 6.45) is 0. The zero-order chi connectivity index (χ0) is 41.0. The molecule has 0 spiro atoms. The molecule has 5 nitrogen and oxygen atoms in total. The highest BCUT2D eigenvalue weighted by molar-refractivity contribution is 6.10. The third-order valence-corrected chi connectivity index (χ3v) is 12.0. The minimum absolute atomic E-state index is 0.600. The first-order chi connectivity index (χ1) is 30.7. The van der Waals surface area contributed by atoms with E-state index in [1.54, 1.807) is 0 Å². The van der Waals surface area contributed by atoms with Crippen LogP contribution in [0.5, 0.6) is 0 Å². The number of aromatic nitrogens is 5. The van der Waals surface area contributed by atoms with Crippen LogP contribution in [-0.2, 0) is 0 Å². The summed E-state index contributed by atoms with van der Waals surface area (Å²) in [4.78, 5) is 15.8. The van der Waals surface area contributed by atoms with Gasteiger partial charge in [0.25, 0.3) is 0 Å². The SMILES string of the molecule is c1ccc(-c2cccc(-c3nc(-c4cccc(-n5c6ccccc6c6ccccc65)c4)nc(-c4ccc(-n5c6ccccc6c6ccccc65)c(-c5ccccc5)c4)n3)c2)cc1. The van der Waals surface area contributed by atoms with Crippen LogP contribution in [0.3, 0.4) is 0 Å². The van der Waals surface area contributed by atoms with Gasteiger partial charge in [-0.2, -0.15) is 0 Å². The summed E-state index contributed by atoms with van der Waals surface area (Å²) in [7, 11) is 0. The smallest absolute Gasteiger partial charge is 0.164 e. The number of fused-ring (bicyclic) bond motifs is 6. The van der Waals surface area contributed by atoms with E-state index in [-0.39, 0.29) is 0 Å². The number of rotatable bonds is 7. The lowest BCUT2D eigenvalue weighted by Gasteiger charge is -2.16. The number of hydrogen-bond donors (Lipinski definition) is 0. The molecule has 0 aliphatic heterocycles. The van der Waals surface area contributed by atoms with Gasteiger partial charge in [-0.3, -0.25) is 0 Å². The van der Waals surface area contributed by atoms with Crippen LogP contribution >= 0.6 is 0 Å².